The molecular weight excluding hydrogens is 224 g/mol. The molecule has 0 bridgehead atoms. The number of phenols is 1. The molecule has 18 heavy (non-hydrogen) atoms. The molecule has 0 saturated carbocycles. The molecule has 1 heterocycles. The van der Waals surface area contributed by atoms with Crippen LogP contribution in [0.4, 0.5) is 0 Å². The number of phenolic OH excluding ortho intramolecular Hbond substituents is 1. The van der Waals surface area contributed by atoms with Gasteiger partial charge in [0.05, 0.1) is 0 Å². The van der Waals surface area contributed by atoms with E-state index < -0.39 is 0 Å². The van der Waals surface area contributed by atoms with E-state index in [1.54, 1.807) is 6.07 Å². The van der Waals surface area contributed by atoms with E-state index >= 15 is 0 Å². The van der Waals surface area contributed by atoms with E-state index in [0.717, 1.165) is 32.7 Å². The van der Waals surface area contributed by atoms with Crippen molar-refractivity contribution in [3.8, 4) is 5.75 Å². The third-order valence-electron chi connectivity index (χ3n) is 3.94. The lowest BCUT2D eigenvalue weighted by Crippen LogP contribution is -2.48. The summed E-state index contributed by atoms with van der Waals surface area (Å²) >= 11 is 0. The van der Waals surface area contributed by atoms with Crippen molar-refractivity contribution in [1.82, 2.24) is 9.80 Å². The largest absolute Gasteiger partial charge is 0.508 e. The minimum absolute atomic E-state index is 0.366. The molecule has 0 aromatic heterocycles. The molecule has 2 rings (SSSR count). The van der Waals surface area contributed by atoms with Gasteiger partial charge in [-0.3, -0.25) is 9.80 Å². The first-order valence-corrected chi connectivity index (χ1v) is 6.93. The number of aromatic hydroxyl groups is 1. The Balaban J connectivity index is 1.83. The Bertz CT molecular complexity index is 373. The molecule has 1 saturated heterocycles. The van der Waals surface area contributed by atoms with E-state index in [2.05, 4.69) is 29.7 Å². The normalized spacial score (nSPS) is 19.9. The third kappa shape index (κ3) is 3.47. The van der Waals surface area contributed by atoms with Crippen molar-refractivity contribution in [2.75, 3.05) is 26.2 Å². The quantitative estimate of drug-likeness (QED) is 0.886. The van der Waals surface area contributed by atoms with Crippen LogP contribution in [0.2, 0.25) is 0 Å². The van der Waals surface area contributed by atoms with Gasteiger partial charge < -0.3 is 5.11 Å². The van der Waals surface area contributed by atoms with E-state index in [9.17, 15) is 5.11 Å². The monoisotopic (exact) mass is 248 g/mol. The molecule has 1 aliphatic rings. The van der Waals surface area contributed by atoms with Gasteiger partial charge in [-0.1, -0.05) is 19.1 Å². The zero-order chi connectivity index (χ0) is 13.0. The summed E-state index contributed by atoms with van der Waals surface area (Å²) in [6, 6.07) is 8.29. The van der Waals surface area contributed by atoms with Gasteiger partial charge in [-0.15, -0.1) is 0 Å². The molecule has 0 amide bonds. The van der Waals surface area contributed by atoms with E-state index in [-0.39, 0.29) is 0 Å². The number of hydrogen-bond donors (Lipinski definition) is 1. The van der Waals surface area contributed by atoms with Crippen molar-refractivity contribution in [3.63, 3.8) is 0 Å². The highest BCUT2D eigenvalue weighted by molar-refractivity contribution is 5.27. The predicted octanol–water partition coefficient (Wildman–Crippen LogP) is 2.31. The van der Waals surface area contributed by atoms with Crippen LogP contribution in [0.25, 0.3) is 0 Å². The maximum Gasteiger partial charge on any atom is 0.115 e. The van der Waals surface area contributed by atoms with E-state index in [1.165, 1.54) is 12.0 Å². The number of hydrogen-bond acceptors (Lipinski definition) is 3. The van der Waals surface area contributed by atoms with Crippen molar-refractivity contribution in [2.24, 2.45) is 0 Å². The first kappa shape index (κ1) is 13.4. The average molecular weight is 248 g/mol. The van der Waals surface area contributed by atoms with Crippen molar-refractivity contribution in [3.05, 3.63) is 29.8 Å². The molecule has 1 aromatic carbocycles. The number of benzene rings is 1. The van der Waals surface area contributed by atoms with Gasteiger partial charge in [0.15, 0.2) is 0 Å². The summed E-state index contributed by atoms with van der Waals surface area (Å²) in [6.45, 7) is 10.1. The summed E-state index contributed by atoms with van der Waals surface area (Å²) in [7, 11) is 0. The zero-order valence-electron chi connectivity index (χ0n) is 11.5. The Hall–Kier alpha value is -1.06. The van der Waals surface area contributed by atoms with Crippen molar-refractivity contribution >= 4 is 0 Å². The SMILES string of the molecule is CCC(C)N1CCN(Cc2cccc(O)c2)CC1. The Morgan fingerprint density at radius 2 is 1.94 bits per heavy atom. The van der Waals surface area contributed by atoms with Crippen LogP contribution in [-0.2, 0) is 6.54 Å². The van der Waals surface area contributed by atoms with Gasteiger partial charge in [0.25, 0.3) is 0 Å². The van der Waals surface area contributed by atoms with E-state index in [4.69, 9.17) is 0 Å². The molecular formula is C15H24N2O. The molecule has 0 aliphatic carbocycles. The molecule has 1 unspecified atom stereocenters. The first-order chi connectivity index (χ1) is 8.69. The second kappa shape index (κ2) is 6.21. The molecule has 1 aromatic rings. The van der Waals surface area contributed by atoms with Crippen LogP contribution >= 0.6 is 0 Å². The Morgan fingerprint density at radius 3 is 2.56 bits per heavy atom. The molecule has 100 valence electrons. The minimum Gasteiger partial charge on any atom is -0.508 e. The Morgan fingerprint density at radius 1 is 1.22 bits per heavy atom. The molecule has 0 radical (unpaired) electrons. The highest BCUT2D eigenvalue weighted by Crippen LogP contribution is 2.15. The summed E-state index contributed by atoms with van der Waals surface area (Å²) in [5.41, 5.74) is 1.20. The number of rotatable bonds is 4. The van der Waals surface area contributed by atoms with Crippen LogP contribution in [0, 0.1) is 0 Å². The Labute approximate surface area is 110 Å². The lowest BCUT2D eigenvalue weighted by Gasteiger charge is -2.37. The zero-order valence-corrected chi connectivity index (χ0v) is 11.5. The van der Waals surface area contributed by atoms with Crippen LogP contribution < -0.4 is 0 Å². The molecule has 3 heteroatoms. The predicted molar refractivity (Wildman–Crippen MR) is 74.7 cm³/mol. The molecule has 1 atom stereocenters. The van der Waals surface area contributed by atoms with Crippen LogP contribution in [0.5, 0.6) is 5.75 Å². The molecule has 0 spiro atoms. The van der Waals surface area contributed by atoms with Gasteiger partial charge in [0, 0.05) is 38.8 Å². The fraction of sp³-hybridized carbons (Fsp3) is 0.600. The highest BCUT2D eigenvalue weighted by atomic mass is 16.3. The van der Waals surface area contributed by atoms with Gasteiger partial charge in [-0.2, -0.15) is 0 Å². The second-order valence-electron chi connectivity index (χ2n) is 5.24. The average Bonchev–Trinajstić information content (AvgIpc) is 2.39. The van der Waals surface area contributed by atoms with Gasteiger partial charge >= 0.3 is 0 Å². The highest BCUT2D eigenvalue weighted by Gasteiger charge is 2.19. The number of nitrogens with zero attached hydrogens (tertiary/aromatic N) is 2. The van der Waals surface area contributed by atoms with Crippen LogP contribution in [-0.4, -0.2) is 47.1 Å². The second-order valence-corrected chi connectivity index (χ2v) is 5.24. The van der Waals surface area contributed by atoms with Crippen molar-refractivity contribution in [1.29, 1.82) is 0 Å². The summed E-state index contributed by atoms with van der Waals surface area (Å²) < 4.78 is 0. The summed E-state index contributed by atoms with van der Waals surface area (Å²) in [6.07, 6.45) is 1.23. The fourth-order valence-corrected chi connectivity index (χ4v) is 2.53. The maximum absolute atomic E-state index is 9.46. The lowest BCUT2D eigenvalue weighted by molar-refractivity contribution is 0.0963. The number of piperazine rings is 1. The van der Waals surface area contributed by atoms with Gasteiger partial charge in [-0.05, 0) is 31.0 Å². The van der Waals surface area contributed by atoms with Gasteiger partial charge in [0.2, 0.25) is 0 Å². The van der Waals surface area contributed by atoms with Crippen LogP contribution in [0.15, 0.2) is 24.3 Å². The van der Waals surface area contributed by atoms with Gasteiger partial charge in [-0.25, -0.2) is 0 Å². The fourth-order valence-electron chi connectivity index (χ4n) is 2.53. The molecule has 1 fully saturated rings. The molecule has 1 aliphatic heterocycles. The summed E-state index contributed by atoms with van der Waals surface area (Å²) in [4.78, 5) is 5.03. The smallest absolute Gasteiger partial charge is 0.115 e. The van der Waals surface area contributed by atoms with E-state index in [0.29, 0.717) is 11.8 Å². The summed E-state index contributed by atoms with van der Waals surface area (Å²) in [5.74, 6) is 0.366. The van der Waals surface area contributed by atoms with Crippen molar-refractivity contribution < 1.29 is 5.11 Å². The van der Waals surface area contributed by atoms with Crippen LogP contribution in [0.3, 0.4) is 0 Å². The summed E-state index contributed by atoms with van der Waals surface area (Å²) in [5, 5.41) is 9.46. The third-order valence-corrected chi connectivity index (χ3v) is 3.94. The van der Waals surface area contributed by atoms with Crippen molar-refractivity contribution in [2.45, 2.75) is 32.9 Å². The standard InChI is InChI=1S/C15H24N2O/c1-3-13(2)17-9-7-16(8-10-17)12-14-5-4-6-15(18)11-14/h4-6,11,13,18H,3,7-10,12H2,1-2H3. The molecule has 3 nitrogen and oxygen atoms in total. The van der Waals surface area contributed by atoms with Gasteiger partial charge in [0.1, 0.15) is 5.75 Å². The minimum atomic E-state index is 0.366. The first-order valence-electron chi connectivity index (χ1n) is 6.93. The van der Waals surface area contributed by atoms with E-state index in [1.807, 2.05) is 12.1 Å². The topological polar surface area (TPSA) is 26.7 Å². The maximum atomic E-state index is 9.46. The Kier molecular flexibility index (Phi) is 4.61. The van der Waals surface area contributed by atoms with Crippen LogP contribution in [0.1, 0.15) is 25.8 Å². The lowest BCUT2D eigenvalue weighted by atomic mass is 10.1. The molecule has 1 N–H and O–H groups in total.